The van der Waals surface area contributed by atoms with Gasteiger partial charge in [-0.25, -0.2) is 4.79 Å². The molecule has 0 atom stereocenters. The van der Waals surface area contributed by atoms with Gasteiger partial charge in [0.2, 0.25) is 5.95 Å². The quantitative estimate of drug-likeness (QED) is 0.463. The maximum Gasteiger partial charge on any atom is 0.314 e. The Labute approximate surface area is 247 Å². The molecule has 0 saturated carbocycles. The van der Waals surface area contributed by atoms with Gasteiger partial charge in [0.15, 0.2) is 11.5 Å². The smallest absolute Gasteiger partial charge is 0.314 e. The van der Waals surface area contributed by atoms with E-state index in [9.17, 15) is 14.4 Å². The Balaban J connectivity index is 0.000000283. The first-order valence-electron chi connectivity index (χ1n) is 14.8. The zero-order chi connectivity index (χ0) is 30.1. The monoisotopic (exact) mass is 581 g/mol. The first-order valence-corrected chi connectivity index (χ1v) is 14.8. The summed E-state index contributed by atoms with van der Waals surface area (Å²) in [7, 11) is 0. The van der Waals surface area contributed by atoms with Gasteiger partial charge in [0.1, 0.15) is 0 Å². The van der Waals surface area contributed by atoms with E-state index in [4.69, 9.17) is 16.2 Å². The number of hydrogen-bond acceptors (Lipinski definition) is 9. The van der Waals surface area contributed by atoms with E-state index >= 15 is 0 Å². The second kappa shape index (κ2) is 14.8. The number of carbonyl (C=O) groups excluding carboxylic acids is 3. The Morgan fingerprint density at radius 1 is 0.881 bits per heavy atom. The number of rotatable bonds is 6. The molecule has 0 radical (unpaired) electrons. The third-order valence-corrected chi connectivity index (χ3v) is 8.03. The van der Waals surface area contributed by atoms with Crippen molar-refractivity contribution in [2.45, 2.75) is 46.0 Å². The van der Waals surface area contributed by atoms with Crippen molar-refractivity contribution in [2.24, 2.45) is 23.3 Å². The zero-order valence-electron chi connectivity index (χ0n) is 24.6. The number of ether oxygens (including phenoxy) is 1. The van der Waals surface area contributed by atoms with Crippen LogP contribution in [0.1, 0.15) is 66.8 Å². The van der Waals surface area contributed by atoms with Crippen molar-refractivity contribution in [1.29, 1.82) is 0 Å². The highest BCUT2D eigenvalue weighted by Gasteiger charge is 2.23. The van der Waals surface area contributed by atoms with E-state index in [0.29, 0.717) is 43.5 Å². The van der Waals surface area contributed by atoms with E-state index < -0.39 is 5.91 Å². The molecule has 4 heterocycles. The van der Waals surface area contributed by atoms with Gasteiger partial charge in [-0.05, 0) is 68.2 Å². The van der Waals surface area contributed by atoms with Crippen LogP contribution in [0.15, 0.2) is 24.3 Å². The molecule has 228 valence electrons. The molecule has 3 aliphatic heterocycles. The van der Waals surface area contributed by atoms with Crippen LogP contribution in [-0.2, 0) is 4.74 Å². The van der Waals surface area contributed by atoms with Crippen LogP contribution in [0.2, 0.25) is 0 Å². The lowest BCUT2D eigenvalue weighted by atomic mass is 9.87. The van der Waals surface area contributed by atoms with Crippen LogP contribution < -0.4 is 21.7 Å². The highest BCUT2D eigenvalue weighted by molar-refractivity contribution is 5.97. The standard InChI is InChI=1S/C20H25N7O3.C9H18N2O/c21-17(28)16-18(23-20(25-24-16)27-8-2-1-3-9-27)22-15-6-4-14(5-7-15)19(29)26-10-12-30-13-11-26;1-7(2)8-3-5-11(6-4-8)9(10)12/h4-7H,1-3,8-13H2,(H2,21,28)(H,22,23,25);7-8H,3-6H2,1-2H3,(H2,10,12). The molecule has 3 aliphatic rings. The van der Waals surface area contributed by atoms with Crippen molar-refractivity contribution in [2.75, 3.05) is 62.7 Å². The molecular formula is C29H43N9O4. The molecule has 5 rings (SSSR count). The number of urea groups is 1. The van der Waals surface area contributed by atoms with Gasteiger partial charge in [0.25, 0.3) is 11.8 Å². The summed E-state index contributed by atoms with van der Waals surface area (Å²) >= 11 is 0. The summed E-state index contributed by atoms with van der Waals surface area (Å²) in [6.07, 6.45) is 5.55. The lowest BCUT2D eigenvalue weighted by molar-refractivity contribution is 0.0303. The number of hydrogen-bond donors (Lipinski definition) is 3. The summed E-state index contributed by atoms with van der Waals surface area (Å²) < 4.78 is 5.29. The molecule has 3 saturated heterocycles. The first kappa shape index (κ1) is 30.9. The molecule has 2 aromatic rings. The van der Waals surface area contributed by atoms with E-state index in [1.807, 2.05) is 0 Å². The number of nitrogens with one attached hydrogen (secondary N) is 1. The van der Waals surface area contributed by atoms with E-state index in [1.165, 1.54) is 6.42 Å². The van der Waals surface area contributed by atoms with Crippen molar-refractivity contribution in [3.05, 3.63) is 35.5 Å². The third kappa shape index (κ3) is 8.28. The Bertz CT molecular complexity index is 1200. The molecule has 5 N–H and O–H groups in total. The number of nitrogens with zero attached hydrogens (tertiary/aromatic N) is 6. The van der Waals surface area contributed by atoms with E-state index in [-0.39, 0.29) is 23.5 Å². The summed E-state index contributed by atoms with van der Waals surface area (Å²) in [6, 6.07) is 6.74. The van der Waals surface area contributed by atoms with Gasteiger partial charge in [-0.15, -0.1) is 10.2 Å². The minimum Gasteiger partial charge on any atom is -0.378 e. The molecule has 0 bridgehead atoms. The molecule has 13 heteroatoms. The molecular weight excluding hydrogens is 538 g/mol. The number of carbonyl (C=O) groups is 3. The van der Waals surface area contributed by atoms with Gasteiger partial charge in [0.05, 0.1) is 13.2 Å². The molecule has 13 nitrogen and oxygen atoms in total. The summed E-state index contributed by atoms with van der Waals surface area (Å²) in [6.45, 7) is 10.2. The average molecular weight is 582 g/mol. The average Bonchev–Trinajstić information content (AvgIpc) is 3.02. The van der Waals surface area contributed by atoms with Crippen molar-refractivity contribution in [3.63, 3.8) is 0 Å². The minimum absolute atomic E-state index is 0.0239. The van der Waals surface area contributed by atoms with E-state index in [2.05, 4.69) is 39.2 Å². The fraction of sp³-hybridized carbons (Fsp3) is 0.586. The fourth-order valence-electron chi connectivity index (χ4n) is 5.37. The summed E-state index contributed by atoms with van der Waals surface area (Å²) in [5.41, 5.74) is 11.9. The van der Waals surface area contributed by atoms with Gasteiger partial charge < -0.3 is 36.2 Å². The fourth-order valence-corrected chi connectivity index (χ4v) is 5.37. The molecule has 0 aliphatic carbocycles. The number of primary amides is 2. The van der Waals surface area contributed by atoms with Crippen molar-refractivity contribution >= 4 is 35.3 Å². The number of nitrogens with two attached hydrogens (primary N) is 2. The SMILES string of the molecule is CC(C)C1CCN(C(N)=O)CC1.NC(=O)c1nnc(N2CCCCC2)nc1Nc1ccc(C(=O)N2CCOCC2)cc1. The Morgan fingerprint density at radius 3 is 2.10 bits per heavy atom. The van der Waals surface area contributed by atoms with E-state index in [1.54, 1.807) is 34.1 Å². The zero-order valence-corrected chi connectivity index (χ0v) is 24.6. The number of piperidine rings is 2. The topological polar surface area (TPSA) is 173 Å². The highest BCUT2D eigenvalue weighted by Crippen LogP contribution is 2.24. The highest BCUT2D eigenvalue weighted by atomic mass is 16.5. The maximum atomic E-state index is 12.6. The van der Waals surface area contributed by atoms with Crippen LogP contribution in [0.3, 0.4) is 0 Å². The number of aromatic nitrogens is 3. The second-order valence-corrected chi connectivity index (χ2v) is 11.2. The molecule has 3 fully saturated rings. The van der Waals surface area contributed by atoms with Crippen LogP contribution >= 0.6 is 0 Å². The summed E-state index contributed by atoms with van der Waals surface area (Å²) in [5.74, 6) is 1.51. The third-order valence-electron chi connectivity index (χ3n) is 8.03. The predicted molar refractivity (Wildman–Crippen MR) is 160 cm³/mol. The summed E-state index contributed by atoms with van der Waals surface area (Å²) in [5, 5.41) is 11.2. The van der Waals surface area contributed by atoms with Crippen LogP contribution in [-0.4, -0.2) is 95.3 Å². The molecule has 42 heavy (non-hydrogen) atoms. The van der Waals surface area contributed by atoms with Gasteiger partial charge >= 0.3 is 6.03 Å². The Kier molecular flexibility index (Phi) is 10.9. The molecule has 0 spiro atoms. The van der Waals surface area contributed by atoms with Gasteiger partial charge in [0, 0.05) is 50.5 Å². The number of anilines is 3. The number of benzene rings is 1. The molecule has 4 amide bonds. The number of likely N-dealkylation sites (tertiary alicyclic amines) is 1. The van der Waals surface area contributed by atoms with Gasteiger partial charge in [-0.2, -0.15) is 4.98 Å². The van der Waals surface area contributed by atoms with E-state index in [0.717, 1.165) is 63.7 Å². The van der Waals surface area contributed by atoms with Crippen molar-refractivity contribution in [1.82, 2.24) is 25.0 Å². The molecule has 0 unspecified atom stereocenters. The number of morpholine rings is 1. The van der Waals surface area contributed by atoms with Crippen molar-refractivity contribution in [3.8, 4) is 0 Å². The predicted octanol–water partition coefficient (Wildman–Crippen LogP) is 2.61. The second-order valence-electron chi connectivity index (χ2n) is 11.2. The van der Waals surface area contributed by atoms with Crippen LogP contribution in [0.5, 0.6) is 0 Å². The Hall–Kier alpha value is -4.00. The van der Waals surface area contributed by atoms with Gasteiger partial charge in [-0.3, -0.25) is 9.59 Å². The molecule has 1 aromatic carbocycles. The summed E-state index contributed by atoms with van der Waals surface area (Å²) in [4.78, 5) is 45.2. The molecule has 1 aromatic heterocycles. The normalized spacial score (nSPS) is 17.8. The van der Waals surface area contributed by atoms with Crippen LogP contribution in [0.25, 0.3) is 0 Å². The lowest BCUT2D eigenvalue weighted by Gasteiger charge is -2.32. The Morgan fingerprint density at radius 2 is 1.52 bits per heavy atom. The minimum atomic E-state index is -0.707. The maximum absolute atomic E-state index is 12.6. The largest absolute Gasteiger partial charge is 0.378 e. The lowest BCUT2D eigenvalue weighted by Crippen LogP contribution is -2.42. The number of amides is 4. The first-order chi connectivity index (χ1) is 20.2. The van der Waals surface area contributed by atoms with Crippen molar-refractivity contribution < 1.29 is 19.1 Å². The van der Waals surface area contributed by atoms with Crippen LogP contribution in [0, 0.1) is 11.8 Å². The van der Waals surface area contributed by atoms with Gasteiger partial charge in [-0.1, -0.05) is 13.8 Å². The van der Waals surface area contributed by atoms with Crippen LogP contribution in [0.4, 0.5) is 22.2 Å².